The van der Waals surface area contributed by atoms with Crippen LogP contribution in [0.1, 0.15) is 54.1 Å². The van der Waals surface area contributed by atoms with E-state index in [0.29, 0.717) is 24.8 Å². The van der Waals surface area contributed by atoms with E-state index < -0.39 is 0 Å². The van der Waals surface area contributed by atoms with Crippen molar-refractivity contribution in [2.75, 3.05) is 0 Å². The van der Waals surface area contributed by atoms with Crippen LogP contribution >= 0.6 is 11.3 Å². The zero-order chi connectivity index (χ0) is 20.7. The van der Waals surface area contributed by atoms with E-state index in [-0.39, 0.29) is 11.6 Å². The number of aryl methyl sites for hydroxylation is 1. The lowest BCUT2D eigenvalue weighted by Crippen LogP contribution is -2.29. The Morgan fingerprint density at radius 3 is 2.57 bits per heavy atom. The van der Waals surface area contributed by atoms with Crippen molar-refractivity contribution in [3.05, 3.63) is 74.9 Å². The second-order valence-electron chi connectivity index (χ2n) is 8.22. The minimum absolute atomic E-state index is 0.0233. The van der Waals surface area contributed by atoms with Crippen molar-refractivity contribution in [3.63, 3.8) is 0 Å². The number of nitrogens with one attached hydrogen (secondary N) is 1. The topological polar surface area (TPSA) is 75.3 Å². The summed E-state index contributed by atoms with van der Waals surface area (Å²) in [5.41, 5.74) is 1.19. The van der Waals surface area contributed by atoms with Gasteiger partial charge in [-0.25, -0.2) is 4.98 Å². The summed E-state index contributed by atoms with van der Waals surface area (Å²) in [4.78, 5) is 25.4. The molecule has 0 spiro atoms. The molecule has 0 radical (unpaired) electrons. The van der Waals surface area contributed by atoms with Gasteiger partial charge in [0.1, 0.15) is 22.2 Å². The molecule has 1 aliphatic carbocycles. The molecule has 5 rings (SSSR count). The molecule has 4 heterocycles. The van der Waals surface area contributed by atoms with Crippen LogP contribution in [0.25, 0.3) is 10.2 Å². The van der Waals surface area contributed by atoms with Gasteiger partial charge in [-0.3, -0.25) is 9.69 Å². The summed E-state index contributed by atoms with van der Waals surface area (Å²) in [7, 11) is 0. The number of nitrogens with zero attached hydrogens (tertiary/aromatic N) is 2. The Morgan fingerprint density at radius 2 is 1.93 bits per heavy atom. The molecular weight excluding hydrogens is 398 g/mol. The van der Waals surface area contributed by atoms with Gasteiger partial charge in [0.25, 0.3) is 5.56 Å². The lowest BCUT2D eigenvalue weighted by molar-refractivity contribution is 0.158. The molecule has 0 aromatic carbocycles. The number of H-pyrrole nitrogens is 1. The Hall–Kier alpha value is -2.64. The third-order valence-corrected chi connectivity index (χ3v) is 7.15. The predicted octanol–water partition coefficient (Wildman–Crippen LogP) is 5.06. The highest BCUT2D eigenvalue weighted by molar-refractivity contribution is 7.18. The smallest absolute Gasteiger partial charge is 0.259 e. The van der Waals surface area contributed by atoms with Crippen LogP contribution in [0.4, 0.5) is 0 Å². The fourth-order valence-corrected chi connectivity index (χ4v) is 5.66. The van der Waals surface area contributed by atoms with Crippen LogP contribution < -0.4 is 5.56 Å². The van der Waals surface area contributed by atoms with Crippen molar-refractivity contribution in [1.29, 1.82) is 0 Å². The number of rotatable bonds is 6. The summed E-state index contributed by atoms with van der Waals surface area (Å²) < 4.78 is 11.1. The van der Waals surface area contributed by atoms with E-state index >= 15 is 0 Å². The van der Waals surface area contributed by atoms with E-state index in [1.807, 2.05) is 24.3 Å². The molecule has 2 atom stereocenters. The fourth-order valence-electron chi connectivity index (χ4n) is 4.27. The zero-order valence-corrected chi connectivity index (χ0v) is 18.0. The molecule has 6 nitrogen and oxygen atoms in total. The van der Waals surface area contributed by atoms with Gasteiger partial charge in [0, 0.05) is 4.88 Å². The van der Waals surface area contributed by atoms with Gasteiger partial charge in [0.05, 0.1) is 37.0 Å². The minimum Gasteiger partial charge on any atom is -0.468 e. The molecule has 0 saturated heterocycles. The lowest BCUT2D eigenvalue weighted by Gasteiger charge is -2.26. The van der Waals surface area contributed by atoms with Gasteiger partial charge in [-0.2, -0.15) is 0 Å². The van der Waals surface area contributed by atoms with Crippen molar-refractivity contribution in [1.82, 2.24) is 14.9 Å². The maximum atomic E-state index is 13.0. The SMILES string of the molecule is CC1CCc2c(sc3nc(C(C)N(Cc4ccco4)Cc4ccco4)[nH]c(=O)c23)C1. The second kappa shape index (κ2) is 7.89. The van der Waals surface area contributed by atoms with Crippen LogP contribution in [0.5, 0.6) is 0 Å². The molecule has 156 valence electrons. The second-order valence-corrected chi connectivity index (χ2v) is 9.31. The van der Waals surface area contributed by atoms with Crippen molar-refractivity contribution >= 4 is 21.6 Å². The highest BCUT2D eigenvalue weighted by Crippen LogP contribution is 2.36. The van der Waals surface area contributed by atoms with Crippen molar-refractivity contribution in [2.24, 2.45) is 5.92 Å². The summed E-state index contributed by atoms with van der Waals surface area (Å²) in [6.45, 7) is 5.52. The monoisotopic (exact) mass is 423 g/mol. The van der Waals surface area contributed by atoms with Crippen molar-refractivity contribution in [3.8, 4) is 0 Å². The van der Waals surface area contributed by atoms with Gasteiger partial charge in [-0.1, -0.05) is 6.92 Å². The van der Waals surface area contributed by atoms with E-state index in [9.17, 15) is 4.79 Å². The van der Waals surface area contributed by atoms with E-state index in [1.54, 1.807) is 23.9 Å². The summed E-state index contributed by atoms with van der Waals surface area (Å²) in [6.07, 6.45) is 6.50. The van der Waals surface area contributed by atoms with Crippen LogP contribution in [0, 0.1) is 5.92 Å². The molecule has 4 aromatic rings. The molecular formula is C23H25N3O3S. The first-order valence-electron chi connectivity index (χ1n) is 10.4. The van der Waals surface area contributed by atoms with Gasteiger partial charge in [-0.05, 0) is 61.9 Å². The van der Waals surface area contributed by atoms with Gasteiger partial charge < -0.3 is 13.8 Å². The summed E-state index contributed by atoms with van der Waals surface area (Å²) >= 11 is 1.68. The van der Waals surface area contributed by atoms with E-state index in [1.165, 1.54) is 10.4 Å². The molecule has 2 unspecified atom stereocenters. The van der Waals surface area contributed by atoms with Crippen LogP contribution in [-0.2, 0) is 25.9 Å². The Balaban J connectivity index is 1.50. The van der Waals surface area contributed by atoms with Gasteiger partial charge >= 0.3 is 0 Å². The number of aromatic nitrogens is 2. The van der Waals surface area contributed by atoms with E-state index in [4.69, 9.17) is 13.8 Å². The third kappa shape index (κ3) is 3.63. The number of fused-ring (bicyclic) bond motifs is 3. The quantitative estimate of drug-likeness (QED) is 0.469. The Morgan fingerprint density at radius 1 is 1.23 bits per heavy atom. The van der Waals surface area contributed by atoms with Crippen molar-refractivity contribution in [2.45, 2.75) is 52.2 Å². The minimum atomic E-state index is -0.115. The Labute approximate surface area is 178 Å². The largest absolute Gasteiger partial charge is 0.468 e. The first kappa shape index (κ1) is 19.3. The van der Waals surface area contributed by atoms with Gasteiger partial charge in [-0.15, -0.1) is 11.3 Å². The molecule has 0 bridgehead atoms. The van der Waals surface area contributed by atoms with Gasteiger partial charge in [0.2, 0.25) is 0 Å². The fraction of sp³-hybridized carbons (Fsp3) is 0.391. The van der Waals surface area contributed by atoms with Gasteiger partial charge in [0.15, 0.2) is 0 Å². The molecule has 7 heteroatoms. The third-order valence-electron chi connectivity index (χ3n) is 6.01. The Bertz CT molecular complexity index is 1150. The molecule has 0 aliphatic heterocycles. The maximum Gasteiger partial charge on any atom is 0.259 e. The average molecular weight is 424 g/mol. The molecule has 0 amide bonds. The molecule has 1 aliphatic rings. The zero-order valence-electron chi connectivity index (χ0n) is 17.2. The van der Waals surface area contributed by atoms with Crippen LogP contribution in [-0.4, -0.2) is 14.9 Å². The summed E-state index contributed by atoms with van der Waals surface area (Å²) in [6, 6.07) is 7.56. The number of aromatic amines is 1. The van der Waals surface area contributed by atoms with Crippen molar-refractivity contribution < 1.29 is 8.83 Å². The summed E-state index contributed by atoms with van der Waals surface area (Å²) in [5, 5.41) is 0.793. The summed E-state index contributed by atoms with van der Waals surface area (Å²) in [5.74, 6) is 3.06. The average Bonchev–Trinajstić information content (AvgIpc) is 3.47. The highest BCUT2D eigenvalue weighted by Gasteiger charge is 2.26. The van der Waals surface area contributed by atoms with E-state index in [2.05, 4.69) is 23.7 Å². The first-order chi connectivity index (χ1) is 14.6. The molecule has 30 heavy (non-hydrogen) atoms. The Kier molecular flexibility index (Phi) is 5.08. The number of hydrogen-bond donors (Lipinski definition) is 1. The van der Waals surface area contributed by atoms with Crippen LogP contribution in [0.3, 0.4) is 0 Å². The van der Waals surface area contributed by atoms with E-state index in [0.717, 1.165) is 41.0 Å². The molecule has 0 fully saturated rings. The molecule has 4 aromatic heterocycles. The van der Waals surface area contributed by atoms with Crippen LogP contribution in [0.2, 0.25) is 0 Å². The highest BCUT2D eigenvalue weighted by atomic mass is 32.1. The van der Waals surface area contributed by atoms with Crippen LogP contribution in [0.15, 0.2) is 50.4 Å². The maximum absolute atomic E-state index is 13.0. The number of hydrogen-bond acceptors (Lipinski definition) is 6. The molecule has 1 N–H and O–H groups in total. The number of thiophene rings is 1. The predicted molar refractivity (Wildman–Crippen MR) is 117 cm³/mol. The number of furan rings is 2. The molecule has 0 saturated carbocycles. The standard InChI is InChI=1S/C23H25N3O3S/c1-14-7-8-18-19(11-14)30-23-20(18)22(27)24-21(25-23)15(2)26(12-16-5-3-9-28-16)13-17-6-4-10-29-17/h3-6,9-10,14-15H,7-8,11-13H2,1-2H3,(H,24,25,27). The first-order valence-corrected chi connectivity index (χ1v) is 11.2. The normalized spacial score (nSPS) is 17.5. The lowest BCUT2D eigenvalue weighted by atomic mass is 9.89.